The fourth-order valence-electron chi connectivity index (χ4n) is 1.55. The van der Waals surface area contributed by atoms with Gasteiger partial charge < -0.3 is 28.4 Å². The van der Waals surface area contributed by atoms with Gasteiger partial charge in [0.1, 0.15) is 13.2 Å². The zero-order valence-electron chi connectivity index (χ0n) is 15.2. The highest BCUT2D eigenvalue weighted by atomic mass is 16.8. The van der Waals surface area contributed by atoms with Gasteiger partial charge in [-0.3, -0.25) is 9.59 Å². The molecule has 0 spiro atoms. The summed E-state index contributed by atoms with van der Waals surface area (Å²) >= 11 is 0. The number of carbonyl (C=O) groups is 4. The summed E-state index contributed by atoms with van der Waals surface area (Å²) in [4.78, 5) is 43.0. The van der Waals surface area contributed by atoms with Gasteiger partial charge in [0.2, 0.25) is 12.6 Å². The molecule has 1 unspecified atom stereocenters. The van der Waals surface area contributed by atoms with Crippen LogP contribution >= 0.6 is 0 Å². The van der Waals surface area contributed by atoms with Gasteiger partial charge in [-0.15, -0.1) is 0 Å². The number of hydrogen-bond donors (Lipinski definition) is 0. The predicted octanol–water partition coefficient (Wildman–Crippen LogP) is 0.170. The van der Waals surface area contributed by atoms with Gasteiger partial charge in [-0.05, 0) is 0 Å². The monoisotopic (exact) mass is 376 g/mol. The van der Waals surface area contributed by atoms with Crippen molar-refractivity contribution in [3.8, 4) is 0 Å². The van der Waals surface area contributed by atoms with Crippen molar-refractivity contribution >= 4 is 23.9 Å². The molecule has 0 amide bonds. The first-order chi connectivity index (χ1) is 12.2. The van der Waals surface area contributed by atoms with E-state index in [-0.39, 0.29) is 50.2 Å². The van der Waals surface area contributed by atoms with Crippen LogP contribution in [0.5, 0.6) is 0 Å². The van der Waals surface area contributed by atoms with Gasteiger partial charge in [0.05, 0.1) is 11.8 Å². The summed E-state index contributed by atoms with van der Waals surface area (Å²) in [5.41, 5.74) is 0. The molecule has 0 aromatic heterocycles. The second kappa shape index (κ2) is 10.7. The Labute approximate surface area is 151 Å². The Morgan fingerprint density at radius 3 is 1.42 bits per heavy atom. The van der Waals surface area contributed by atoms with Crippen molar-refractivity contribution in [1.82, 2.24) is 0 Å². The normalized spacial score (nSPS) is 21.8. The Hall–Kier alpha value is -2.20. The Morgan fingerprint density at radius 2 is 1.19 bits per heavy atom. The molecule has 2 heterocycles. The van der Waals surface area contributed by atoms with E-state index in [1.54, 1.807) is 27.7 Å². The standard InChI is InChI=1S/2C8H12O5/c2*1-5(2)8(10)12-4-7-11-3-6(9)13-7/h2*5,7H,3-4H2,1-2H3/t7-;/m1./s1. The van der Waals surface area contributed by atoms with Crippen LogP contribution in [-0.2, 0) is 47.6 Å². The predicted molar refractivity (Wildman–Crippen MR) is 83.3 cm³/mol. The fraction of sp³-hybridized carbons (Fsp3) is 0.750. The van der Waals surface area contributed by atoms with Crippen molar-refractivity contribution < 1.29 is 47.6 Å². The van der Waals surface area contributed by atoms with Crippen LogP contribution < -0.4 is 0 Å². The molecule has 10 nitrogen and oxygen atoms in total. The Balaban J connectivity index is 0.000000260. The van der Waals surface area contributed by atoms with E-state index < -0.39 is 24.5 Å². The maximum absolute atomic E-state index is 11.0. The van der Waals surface area contributed by atoms with E-state index in [9.17, 15) is 19.2 Å². The number of carbonyl (C=O) groups excluding carboxylic acids is 4. The van der Waals surface area contributed by atoms with Crippen LogP contribution in [-0.4, -0.2) is 62.9 Å². The molecular formula is C16H24O10. The van der Waals surface area contributed by atoms with Crippen LogP contribution in [0.1, 0.15) is 27.7 Å². The largest absolute Gasteiger partial charge is 0.459 e. The van der Waals surface area contributed by atoms with Gasteiger partial charge in [-0.2, -0.15) is 0 Å². The molecule has 148 valence electrons. The molecule has 0 saturated carbocycles. The van der Waals surface area contributed by atoms with Gasteiger partial charge in [0, 0.05) is 0 Å². The molecule has 2 aliphatic rings. The second-order valence-electron chi connectivity index (χ2n) is 6.03. The van der Waals surface area contributed by atoms with E-state index in [1.165, 1.54) is 0 Å². The highest BCUT2D eigenvalue weighted by molar-refractivity contribution is 5.73. The summed E-state index contributed by atoms with van der Waals surface area (Å²) in [6, 6.07) is 0. The Kier molecular flexibility index (Phi) is 9.00. The van der Waals surface area contributed by atoms with E-state index in [0.717, 1.165) is 0 Å². The molecule has 26 heavy (non-hydrogen) atoms. The zero-order valence-corrected chi connectivity index (χ0v) is 15.2. The third-order valence-electron chi connectivity index (χ3n) is 2.97. The number of ether oxygens (including phenoxy) is 6. The molecule has 0 radical (unpaired) electrons. The molecule has 0 aromatic carbocycles. The number of esters is 4. The van der Waals surface area contributed by atoms with Crippen molar-refractivity contribution in [2.24, 2.45) is 11.8 Å². The average molecular weight is 376 g/mol. The summed E-state index contributed by atoms with van der Waals surface area (Å²) in [5.74, 6) is -1.87. The van der Waals surface area contributed by atoms with Crippen molar-refractivity contribution in [2.75, 3.05) is 26.4 Å². The Bertz CT molecular complexity index is 467. The van der Waals surface area contributed by atoms with Crippen molar-refractivity contribution in [1.29, 1.82) is 0 Å². The molecule has 0 aliphatic carbocycles. The van der Waals surface area contributed by atoms with E-state index in [1.807, 2.05) is 0 Å². The smallest absolute Gasteiger partial charge is 0.334 e. The molecule has 2 aliphatic heterocycles. The summed E-state index contributed by atoms with van der Waals surface area (Å²) in [5, 5.41) is 0. The first-order valence-corrected chi connectivity index (χ1v) is 8.14. The van der Waals surface area contributed by atoms with E-state index in [4.69, 9.17) is 18.9 Å². The maximum atomic E-state index is 11.0. The lowest BCUT2D eigenvalue weighted by atomic mass is 10.2. The lowest BCUT2D eigenvalue weighted by molar-refractivity contribution is -0.164. The molecule has 2 saturated heterocycles. The highest BCUT2D eigenvalue weighted by Crippen LogP contribution is 2.07. The van der Waals surface area contributed by atoms with E-state index in [2.05, 4.69) is 9.47 Å². The molecule has 0 aromatic rings. The summed E-state index contributed by atoms with van der Waals surface area (Å²) in [6.45, 7) is 6.72. The second-order valence-corrected chi connectivity index (χ2v) is 6.03. The molecule has 0 N–H and O–H groups in total. The van der Waals surface area contributed by atoms with Crippen LogP contribution in [0.4, 0.5) is 0 Å². The molecule has 10 heteroatoms. The lowest BCUT2D eigenvalue weighted by Crippen LogP contribution is -2.22. The molecular weight excluding hydrogens is 352 g/mol. The summed E-state index contributed by atoms with van der Waals surface area (Å²) < 4.78 is 28.6. The number of hydrogen-bond acceptors (Lipinski definition) is 10. The van der Waals surface area contributed by atoms with Crippen LogP contribution in [0, 0.1) is 11.8 Å². The third kappa shape index (κ3) is 8.26. The van der Waals surface area contributed by atoms with Crippen molar-refractivity contribution in [2.45, 2.75) is 40.3 Å². The zero-order chi connectivity index (χ0) is 19.7. The quantitative estimate of drug-likeness (QED) is 0.468. The minimum atomic E-state index is -0.727. The number of rotatable bonds is 6. The first-order valence-electron chi connectivity index (χ1n) is 8.14. The van der Waals surface area contributed by atoms with Crippen LogP contribution in [0.15, 0.2) is 0 Å². The molecule has 2 rings (SSSR count). The lowest BCUT2D eigenvalue weighted by Gasteiger charge is -2.10. The maximum Gasteiger partial charge on any atom is 0.334 e. The van der Waals surface area contributed by atoms with Crippen LogP contribution in [0.2, 0.25) is 0 Å². The van der Waals surface area contributed by atoms with Gasteiger partial charge in [0.15, 0.2) is 13.2 Å². The van der Waals surface area contributed by atoms with E-state index >= 15 is 0 Å². The van der Waals surface area contributed by atoms with Gasteiger partial charge in [-0.1, -0.05) is 27.7 Å². The Morgan fingerprint density at radius 1 is 0.846 bits per heavy atom. The minimum absolute atomic E-state index is 0.0250. The van der Waals surface area contributed by atoms with Gasteiger partial charge in [0.25, 0.3) is 0 Å². The first kappa shape index (κ1) is 21.8. The summed E-state index contributed by atoms with van der Waals surface area (Å²) in [7, 11) is 0. The van der Waals surface area contributed by atoms with Crippen molar-refractivity contribution in [3.63, 3.8) is 0 Å². The molecule has 2 fully saturated rings. The van der Waals surface area contributed by atoms with Crippen LogP contribution in [0.25, 0.3) is 0 Å². The molecule has 0 bridgehead atoms. The van der Waals surface area contributed by atoms with Gasteiger partial charge >= 0.3 is 23.9 Å². The summed E-state index contributed by atoms with van der Waals surface area (Å²) in [6.07, 6.45) is -1.45. The average Bonchev–Trinajstić information content (AvgIpc) is 3.18. The van der Waals surface area contributed by atoms with Crippen molar-refractivity contribution in [3.05, 3.63) is 0 Å². The number of cyclic esters (lactones) is 2. The molecule has 2 atom stereocenters. The third-order valence-corrected chi connectivity index (χ3v) is 2.97. The minimum Gasteiger partial charge on any atom is -0.459 e. The fourth-order valence-corrected chi connectivity index (χ4v) is 1.55. The SMILES string of the molecule is CC(C)C(=O)OCC1OCC(=O)O1.CC(C)C(=O)OC[C@@H]1OCC(=O)O1. The topological polar surface area (TPSA) is 124 Å². The highest BCUT2D eigenvalue weighted by Gasteiger charge is 2.26. The van der Waals surface area contributed by atoms with E-state index in [0.29, 0.717) is 0 Å². The van der Waals surface area contributed by atoms with Gasteiger partial charge in [-0.25, -0.2) is 9.59 Å². The van der Waals surface area contributed by atoms with Crippen LogP contribution in [0.3, 0.4) is 0 Å².